The summed E-state index contributed by atoms with van der Waals surface area (Å²) in [6.45, 7) is 5.83. The molecule has 0 unspecified atom stereocenters. The highest BCUT2D eigenvalue weighted by molar-refractivity contribution is 6.30. The summed E-state index contributed by atoms with van der Waals surface area (Å²) in [7, 11) is 1.33. The fraction of sp³-hybridized carbons (Fsp3) is 0.333. The molecule has 0 bridgehead atoms. The first-order valence-electron chi connectivity index (χ1n) is 7.74. The Hall–Kier alpha value is -2.11. The van der Waals surface area contributed by atoms with Gasteiger partial charge in [-0.25, -0.2) is 4.79 Å². The van der Waals surface area contributed by atoms with Crippen molar-refractivity contribution in [1.82, 2.24) is 4.98 Å². The number of hydrogen-bond acceptors (Lipinski definition) is 3. The van der Waals surface area contributed by atoms with Crippen LogP contribution in [0.25, 0.3) is 0 Å². The average Bonchev–Trinajstić information content (AvgIpc) is 2.87. The van der Waals surface area contributed by atoms with Crippen LogP contribution < -0.4 is 5.32 Å². The second-order valence-electron chi connectivity index (χ2n) is 5.82. The number of carbonyl (C=O) groups excluding carboxylic acids is 2. The van der Waals surface area contributed by atoms with E-state index in [0.717, 1.165) is 5.56 Å². The smallest absolute Gasteiger partial charge is 0.339 e. The Labute approximate surface area is 146 Å². The summed E-state index contributed by atoms with van der Waals surface area (Å²) in [6.07, 6.45) is 0. The molecule has 128 valence electrons. The zero-order chi connectivity index (χ0) is 17.9. The molecule has 1 heterocycles. The van der Waals surface area contributed by atoms with Crippen LogP contribution >= 0.6 is 11.6 Å². The van der Waals surface area contributed by atoms with Crippen molar-refractivity contribution < 1.29 is 19.6 Å². The monoisotopic (exact) mass is 349 g/mol. The number of rotatable bonds is 6. The lowest BCUT2D eigenvalue weighted by Gasteiger charge is -2.10. The van der Waals surface area contributed by atoms with Crippen LogP contribution in [-0.4, -0.2) is 30.4 Å². The van der Waals surface area contributed by atoms with Gasteiger partial charge in [-0.1, -0.05) is 23.7 Å². The molecule has 1 aromatic heterocycles. The average molecular weight is 350 g/mol. The number of nitrogens with one attached hydrogen (secondary N) is 1. The summed E-state index contributed by atoms with van der Waals surface area (Å²) >= 11 is 5.89. The molecule has 0 spiro atoms. The number of carbonyl (C=O) groups is 2. The van der Waals surface area contributed by atoms with Crippen molar-refractivity contribution in [3.63, 3.8) is 0 Å². The number of esters is 1. The maximum atomic E-state index is 12.5. The predicted octanol–water partition coefficient (Wildman–Crippen LogP) is 2.58. The van der Waals surface area contributed by atoms with Crippen LogP contribution in [0, 0.1) is 13.8 Å². The van der Waals surface area contributed by atoms with Crippen molar-refractivity contribution in [3.8, 4) is 0 Å². The third-order valence-corrected chi connectivity index (χ3v) is 4.41. The molecule has 0 amide bonds. The van der Waals surface area contributed by atoms with Gasteiger partial charge in [-0.15, -0.1) is 0 Å². The van der Waals surface area contributed by atoms with E-state index >= 15 is 0 Å². The Kier molecular flexibility index (Phi) is 5.80. The van der Waals surface area contributed by atoms with Gasteiger partial charge in [0.25, 0.3) is 0 Å². The minimum Gasteiger partial charge on any atom is -0.465 e. The first kappa shape index (κ1) is 18.2. The number of aromatic nitrogens is 1. The Balaban J connectivity index is 2.08. The third-order valence-electron chi connectivity index (χ3n) is 4.16. The molecule has 24 heavy (non-hydrogen) atoms. The number of ether oxygens (including phenoxy) is 1. The van der Waals surface area contributed by atoms with Gasteiger partial charge in [-0.2, -0.15) is 0 Å². The maximum absolute atomic E-state index is 12.5. The predicted molar refractivity (Wildman–Crippen MR) is 92.6 cm³/mol. The van der Waals surface area contributed by atoms with Gasteiger partial charge >= 0.3 is 5.97 Å². The molecule has 0 saturated heterocycles. The highest BCUT2D eigenvalue weighted by atomic mass is 35.5. The minimum absolute atomic E-state index is 0.0495. The summed E-state index contributed by atoms with van der Waals surface area (Å²) in [6, 6.07) is 7.71. The van der Waals surface area contributed by atoms with Gasteiger partial charge in [-0.05, 0) is 38.5 Å². The lowest BCUT2D eigenvalue weighted by molar-refractivity contribution is -0.681. The Morgan fingerprint density at radius 3 is 2.46 bits per heavy atom. The van der Waals surface area contributed by atoms with E-state index in [0.29, 0.717) is 27.5 Å². The van der Waals surface area contributed by atoms with E-state index in [1.807, 2.05) is 36.5 Å². The SMILES string of the molecule is COC(=O)c1c(C)[nH]c(C(=O)C[NH2+][C@H](C)c2ccc(Cl)cc2)c1C. The molecule has 0 radical (unpaired) electrons. The Bertz CT molecular complexity index is 750. The number of aryl methyl sites for hydroxylation is 1. The summed E-state index contributed by atoms with van der Waals surface area (Å²) in [5.41, 5.74) is 3.28. The zero-order valence-corrected chi connectivity index (χ0v) is 15.0. The fourth-order valence-corrected chi connectivity index (χ4v) is 2.85. The fourth-order valence-electron chi connectivity index (χ4n) is 2.73. The largest absolute Gasteiger partial charge is 0.465 e. The zero-order valence-electron chi connectivity index (χ0n) is 14.3. The van der Waals surface area contributed by atoms with Gasteiger partial charge in [-0.3, -0.25) is 4.79 Å². The number of aromatic amines is 1. The second kappa shape index (κ2) is 7.64. The molecule has 3 N–H and O–H groups in total. The number of quaternary nitrogens is 1. The highest BCUT2D eigenvalue weighted by Crippen LogP contribution is 2.19. The van der Waals surface area contributed by atoms with E-state index in [1.54, 1.807) is 13.8 Å². The molecule has 0 aliphatic carbocycles. The molecular formula is C18H22ClN2O3+. The molecule has 0 aliphatic heterocycles. The number of ketones is 1. The molecule has 0 aliphatic rings. The lowest BCUT2D eigenvalue weighted by Crippen LogP contribution is -2.86. The van der Waals surface area contributed by atoms with Gasteiger partial charge in [0.2, 0.25) is 5.78 Å². The Morgan fingerprint density at radius 2 is 1.88 bits per heavy atom. The van der Waals surface area contributed by atoms with Crippen molar-refractivity contribution in [2.45, 2.75) is 26.8 Å². The Morgan fingerprint density at radius 1 is 1.25 bits per heavy atom. The van der Waals surface area contributed by atoms with E-state index in [-0.39, 0.29) is 18.4 Å². The molecule has 0 fully saturated rings. The van der Waals surface area contributed by atoms with Crippen LogP contribution in [0.3, 0.4) is 0 Å². The molecule has 2 aromatic rings. The summed E-state index contributed by atoms with van der Waals surface area (Å²) in [5.74, 6) is -0.481. The standard InChI is InChI=1S/C18H21ClN2O3/c1-10-16(18(23)24-4)12(3)21-17(10)15(22)9-20-11(2)13-5-7-14(19)8-6-13/h5-8,11,20-21H,9H2,1-4H3/p+1/t11-/m1/s1. The molecule has 0 saturated carbocycles. The first-order valence-corrected chi connectivity index (χ1v) is 8.12. The highest BCUT2D eigenvalue weighted by Gasteiger charge is 2.23. The third kappa shape index (κ3) is 3.86. The van der Waals surface area contributed by atoms with Gasteiger partial charge in [0.05, 0.1) is 18.4 Å². The quantitative estimate of drug-likeness (QED) is 0.621. The summed E-state index contributed by atoms with van der Waals surface area (Å²) in [4.78, 5) is 27.3. The summed E-state index contributed by atoms with van der Waals surface area (Å²) < 4.78 is 4.77. The van der Waals surface area contributed by atoms with E-state index in [1.165, 1.54) is 7.11 Å². The van der Waals surface area contributed by atoms with Crippen molar-refractivity contribution in [1.29, 1.82) is 0 Å². The van der Waals surface area contributed by atoms with Crippen molar-refractivity contribution in [2.75, 3.05) is 13.7 Å². The van der Waals surface area contributed by atoms with E-state index in [9.17, 15) is 9.59 Å². The van der Waals surface area contributed by atoms with Crippen molar-refractivity contribution >= 4 is 23.4 Å². The van der Waals surface area contributed by atoms with Crippen molar-refractivity contribution in [3.05, 3.63) is 57.4 Å². The maximum Gasteiger partial charge on any atom is 0.339 e. The normalized spacial score (nSPS) is 12.0. The minimum atomic E-state index is -0.432. The van der Waals surface area contributed by atoms with Gasteiger partial charge < -0.3 is 15.0 Å². The number of nitrogens with two attached hydrogens (primary N) is 1. The lowest BCUT2D eigenvalue weighted by atomic mass is 10.1. The van der Waals surface area contributed by atoms with Gasteiger partial charge in [0.1, 0.15) is 12.6 Å². The number of methoxy groups -OCH3 is 1. The molecule has 5 nitrogen and oxygen atoms in total. The topological polar surface area (TPSA) is 75.8 Å². The number of hydrogen-bond donors (Lipinski definition) is 2. The van der Waals surface area contributed by atoms with Crippen LogP contribution in [-0.2, 0) is 4.74 Å². The van der Waals surface area contributed by atoms with Crippen LogP contribution in [0.2, 0.25) is 5.02 Å². The number of benzene rings is 1. The van der Waals surface area contributed by atoms with Crippen molar-refractivity contribution in [2.24, 2.45) is 0 Å². The number of Topliss-reactive ketones (excluding diaryl/α,β-unsaturated/α-hetero) is 1. The molecular weight excluding hydrogens is 328 g/mol. The first-order chi connectivity index (χ1) is 11.3. The van der Waals surface area contributed by atoms with Gasteiger partial charge in [0, 0.05) is 16.3 Å². The molecule has 2 rings (SSSR count). The van der Waals surface area contributed by atoms with Crippen LogP contribution in [0.4, 0.5) is 0 Å². The number of halogens is 1. The molecule has 1 atom stereocenters. The number of H-pyrrole nitrogens is 1. The van der Waals surface area contributed by atoms with E-state index in [4.69, 9.17) is 16.3 Å². The van der Waals surface area contributed by atoms with Crippen LogP contribution in [0.15, 0.2) is 24.3 Å². The van der Waals surface area contributed by atoms with Gasteiger partial charge in [0.15, 0.2) is 0 Å². The van der Waals surface area contributed by atoms with E-state index < -0.39 is 5.97 Å². The van der Waals surface area contributed by atoms with Crippen LogP contribution in [0.5, 0.6) is 0 Å². The molecule has 1 aromatic carbocycles. The van der Waals surface area contributed by atoms with Crippen LogP contribution in [0.1, 0.15) is 50.6 Å². The van der Waals surface area contributed by atoms with E-state index in [2.05, 4.69) is 4.98 Å². The summed E-state index contributed by atoms with van der Waals surface area (Å²) in [5, 5.41) is 2.65. The molecule has 6 heteroatoms. The second-order valence-corrected chi connectivity index (χ2v) is 6.26.